The summed E-state index contributed by atoms with van der Waals surface area (Å²) in [7, 11) is 0. The second-order valence-electron chi connectivity index (χ2n) is 4.93. The number of hydrogen-bond acceptors (Lipinski definition) is 8. The molecular formula is C14H12N8S. The fraction of sp³-hybridized carbons (Fsp3) is 0.0714. The molecule has 114 valence electrons. The molecule has 0 radical (unpaired) electrons. The number of nitrogens with two attached hydrogens (primary N) is 2. The van der Waals surface area contributed by atoms with Crippen molar-refractivity contribution in [3.63, 3.8) is 0 Å². The van der Waals surface area contributed by atoms with Crippen LogP contribution in [-0.4, -0.2) is 29.9 Å². The first-order chi connectivity index (χ1) is 11.2. The Morgan fingerprint density at radius 1 is 1.17 bits per heavy atom. The summed E-state index contributed by atoms with van der Waals surface area (Å²) >= 11 is 1.46. The maximum absolute atomic E-state index is 5.84. The molecule has 0 fully saturated rings. The van der Waals surface area contributed by atoms with Gasteiger partial charge in [-0.15, -0.1) is 16.4 Å². The molecule has 0 saturated heterocycles. The summed E-state index contributed by atoms with van der Waals surface area (Å²) in [6.07, 6.45) is 1.71. The van der Waals surface area contributed by atoms with Gasteiger partial charge in [0, 0.05) is 17.3 Å². The van der Waals surface area contributed by atoms with E-state index in [9.17, 15) is 0 Å². The van der Waals surface area contributed by atoms with E-state index >= 15 is 0 Å². The van der Waals surface area contributed by atoms with Crippen molar-refractivity contribution >= 4 is 34.1 Å². The largest absolute Gasteiger partial charge is 0.399 e. The first-order valence-corrected chi connectivity index (χ1v) is 7.69. The molecule has 4 rings (SSSR count). The van der Waals surface area contributed by atoms with Gasteiger partial charge in [-0.05, 0) is 17.7 Å². The molecule has 3 heterocycles. The highest BCUT2D eigenvalue weighted by molar-refractivity contribution is 7.13. The van der Waals surface area contributed by atoms with Crippen molar-refractivity contribution < 1.29 is 0 Å². The number of nitrogen functional groups attached to an aromatic ring is 2. The zero-order valence-corrected chi connectivity index (χ0v) is 12.7. The Balaban J connectivity index is 1.83. The number of thiazole rings is 1. The van der Waals surface area contributed by atoms with E-state index in [2.05, 4.69) is 25.3 Å². The Kier molecular flexibility index (Phi) is 3.12. The maximum Gasteiger partial charge on any atom is 0.222 e. The zero-order valence-electron chi connectivity index (χ0n) is 11.9. The minimum Gasteiger partial charge on any atom is -0.399 e. The molecule has 9 heteroatoms. The molecule has 0 amide bonds. The van der Waals surface area contributed by atoms with Crippen LogP contribution in [0.5, 0.6) is 0 Å². The molecule has 8 nitrogen and oxygen atoms in total. The van der Waals surface area contributed by atoms with Gasteiger partial charge < -0.3 is 11.5 Å². The Labute approximate surface area is 134 Å². The lowest BCUT2D eigenvalue weighted by Crippen LogP contribution is -2.05. The third kappa shape index (κ3) is 2.46. The summed E-state index contributed by atoms with van der Waals surface area (Å²) in [6, 6.07) is 7.59. The van der Waals surface area contributed by atoms with E-state index in [4.69, 9.17) is 11.5 Å². The Morgan fingerprint density at radius 2 is 2.09 bits per heavy atom. The average Bonchev–Trinajstić information content (AvgIpc) is 3.17. The Bertz CT molecular complexity index is 976. The predicted octanol–water partition coefficient (Wildman–Crippen LogP) is 1.56. The first-order valence-electron chi connectivity index (χ1n) is 6.82. The summed E-state index contributed by atoms with van der Waals surface area (Å²) < 4.78 is 1.68. The predicted molar refractivity (Wildman–Crippen MR) is 88.6 cm³/mol. The summed E-state index contributed by atoms with van der Waals surface area (Å²) in [4.78, 5) is 12.8. The quantitative estimate of drug-likeness (QED) is 0.548. The van der Waals surface area contributed by atoms with Gasteiger partial charge in [0.1, 0.15) is 10.7 Å². The molecule has 0 aliphatic rings. The number of fused-ring (bicyclic) bond motifs is 1. The summed E-state index contributed by atoms with van der Waals surface area (Å²) in [6.45, 7) is 0.495. The third-order valence-electron chi connectivity index (χ3n) is 3.30. The molecule has 0 atom stereocenters. The SMILES string of the molecule is Nc1cccc(Cn2nnc3c(-c4nccs4)nc(N)nc32)c1. The van der Waals surface area contributed by atoms with E-state index < -0.39 is 0 Å². The molecule has 0 saturated carbocycles. The van der Waals surface area contributed by atoms with Crippen molar-refractivity contribution in [3.05, 3.63) is 41.4 Å². The second kappa shape index (κ2) is 5.29. The maximum atomic E-state index is 5.84. The van der Waals surface area contributed by atoms with Gasteiger partial charge in [-0.1, -0.05) is 17.3 Å². The van der Waals surface area contributed by atoms with Crippen LogP contribution in [0.1, 0.15) is 5.56 Å². The normalized spacial score (nSPS) is 11.1. The highest BCUT2D eigenvalue weighted by atomic mass is 32.1. The average molecular weight is 324 g/mol. The lowest BCUT2D eigenvalue weighted by Gasteiger charge is -2.04. The van der Waals surface area contributed by atoms with E-state index in [-0.39, 0.29) is 5.95 Å². The minimum absolute atomic E-state index is 0.166. The topological polar surface area (TPSA) is 121 Å². The van der Waals surface area contributed by atoms with Crippen molar-refractivity contribution in [3.8, 4) is 10.7 Å². The number of anilines is 2. The summed E-state index contributed by atoms with van der Waals surface area (Å²) in [5.74, 6) is 0.166. The smallest absolute Gasteiger partial charge is 0.222 e. The van der Waals surface area contributed by atoms with Crippen LogP contribution in [-0.2, 0) is 6.54 Å². The summed E-state index contributed by atoms with van der Waals surface area (Å²) in [5, 5.41) is 11.0. The molecule has 4 N–H and O–H groups in total. The molecule has 3 aromatic heterocycles. The number of aromatic nitrogens is 6. The van der Waals surface area contributed by atoms with Crippen LogP contribution in [0.4, 0.5) is 11.6 Å². The van der Waals surface area contributed by atoms with E-state index in [1.165, 1.54) is 11.3 Å². The molecule has 0 aliphatic heterocycles. The number of rotatable bonds is 3. The van der Waals surface area contributed by atoms with Gasteiger partial charge in [0.25, 0.3) is 0 Å². The van der Waals surface area contributed by atoms with Gasteiger partial charge in [-0.25, -0.2) is 14.6 Å². The molecular weight excluding hydrogens is 312 g/mol. The van der Waals surface area contributed by atoms with Gasteiger partial charge in [0.05, 0.1) is 6.54 Å². The van der Waals surface area contributed by atoms with E-state index in [0.29, 0.717) is 29.1 Å². The summed E-state index contributed by atoms with van der Waals surface area (Å²) in [5.41, 5.74) is 15.1. The minimum atomic E-state index is 0.166. The highest BCUT2D eigenvalue weighted by Crippen LogP contribution is 2.26. The van der Waals surface area contributed by atoms with Gasteiger partial charge in [-0.2, -0.15) is 4.98 Å². The van der Waals surface area contributed by atoms with Crippen LogP contribution in [0.2, 0.25) is 0 Å². The van der Waals surface area contributed by atoms with Crippen LogP contribution in [0.25, 0.3) is 21.9 Å². The van der Waals surface area contributed by atoms with Crippen molar-refractivity contribution in [1.82, 2.24) is 29.9 Å². The number of hydrogen-bond donors (Lipinski definition) is 2. The fourth-order valence-electron chi connectivity index (χ4n) is 2.33. The zero-order chi connectivity index (χ0) is 15.8. The highest BCUT2D eigenvalue weighted by Gasteiger charge is 2.17. The van der Waals surface area contributed by atoms with Crippen LogP contribution in [0, 0.1) is 0 Å². The van der Waals surface area contributed by atoms with E-state index in [1.54, 1.807) is 10.9 Å². The van der Waals surface area contributed by atoms with Gasteiger partial charge in [0.2, 0.25) is 5.95 Å². The van der Waals surface area contributed by atoms with Gasteiger partial charge in [0.15, 0.2) is 11.2 Å². The molecule has 4 aromatic rings. The molecule has 1 aromatic carbocycles. The molecule has 0 bridgehead atoms. The van der Waals surface area contributed by atoms with Crippen LogP contribution < -0.4 is 11.5 Å². The molecule has 23 heavy (non-hydrogen) atoms. The standard InChI is InChI=1S/C14H12N8S/c15-9-3-1-2-8(6-9)7-22-12-10(20-21-22)11(18-14(16)19-12)13-17-4-5-23-13/h1-6H,7,15H2,(H2,16,18,19). The van der Waals surface area contributed by atoms with Gasteiger partial charge >= 0.3 is 0 Å². The third-order valence-corrected chi connectivity index (χ3v) is 4.08. The van der Waals surface area contributed by atoms with Crippen molar-refractivity contribution in [1.29, 1.82) is 0 Å². The number of benzene rings is 1. The van der Waals surface area contributed by atoms with Crippen LogP contribution >= 0.6 is 11.3 Å². The van der Waals surface area contributed by atoms with Crippen LogP contribution in [0.15, 0.2) is 35.8 Å². The van der Waals surface area contributed by atoms with Gasteiger partial charge in [-0.3, -0.25) is 0 Å². The molecule has 0 unspecified atom stereocenters. The lowest BCUT2D eigenvalue weighted by molar-refractivity contribution is 0.664. The van der Waals surface area contributed by atoms with Crippen LogP contribution in [0.3, 0.4) is 0 Å². The monoisotopic (exact) mass is 324 g/mol. The lowest BCUT2D eigenvalue weighted by atomic mass is 10.2. The van der Waals surface area contributed by atoms with E-state index in [1.807, 2.05) is 29.6 Å². The molecule has 0 spiro atoms. The first kappa shape index (κ1) is 13.6. The number of nitrogens with zero attached hydrogens (tertiary/aromatic N) is 6. The second-order valence-corrected chi connectivity index (χ2v) is 5.83. The Morgan fingerprint density at radius 3 is 2.87 bits per heavy atom. The van der Waals surface area contributed by atoms with Crippen molar-refractivity contribution in [2.45, 2.75) is 6.54 Å². The Hall–Kier alpha value is -3.07. The van der Waals surface area contributed by atoms with Crippen molar-refractivity contribution in [2.75, 3.05) is 11.5 Å². The van der Waals surface area contributed by atoms with Crippen molar-refractivity contribution in [2.24, 2.45) is 0 Å². The van der Waals surface area contributed by atoms with E-state index in [0.717, 1.165) is 10.6 Å². The fourth-order valence-corrected chi connectivity index (χ4v) is 2.96. The molecule has 0 aliphatic carbocycles.